The first kappa shape index (κ1) is 45.0. The Morgan fingerprint density at radius 1 is 1.00 bits per heavy atom. The molecule has 2 unspecified atom stereocenters. The number of fused-ring (bicyclic) bond motifs is 2. The predicted molar refractivity (Wildman–Crippen MR) is 208 cm³/mol. The molecule has 4 saturated heterocycles. The molecule has 1 aromatic carbocycles. The van der Waals surface area contributed by atoms with E-state index >= 15 is 0 Å². The molecule has 328 valence electrons. The van der Waals surface area contributed by atoms with Crippen LogP contribution in [0.15, 0.2) is 30.4 Å². The SMILES string of the molecule is CCCC/C=C/C(=O)N[C@@H](Cc1cc(F)cc(F)c1)C(=O)N[C@H]1CC2C(=O)C23C[C@@H](C)CN3C(=O)[C@H](C)NC(=O)[C@@H]2CCCCN2C(=O)[C@@H]2C[C@@H](OP(=O)(O)O)CN2C1=O. The number of hydrogen-bond donors (Lipinski definition) is 5. The Morgan fingerprint density at radius 2 is 1.72 bits per heavy atom. The first-order valence-corrected chi connectivity index (χ1v) is 22.1. The fourth-order valence-electron chi connectivity index (χ4n) is 9.38. The highest BCUT2D eigenvalue weighted by Gasteiger charge is 2.72. The van der Waals surface area contributed by atoms with E-state index in [0.717, 1.165) is 29.9 Å². The summed E-state index contributed by atoms with van der Waals surface area (Å²) in [5.41, 5.74) is -1.38. The quantitative estimate of drug-likeness (QED) is 0.121. The monoisotopic (exact) mass is 862 g/mol. The topological polar surface area (TPSA) is 232 Å². The lowest BCUT2D eigenvalue weighted by Crippen LogP contribution is -2.60. The maximum atomic E-state index is 14.9. The molecule has 0 aromatic heterocycles. The summed E-state index contributed by atoms with van der Waals surface area (Å²) in [5, 5.41) is 7.91. The second-order valence-electron chi connectivity index (χ2n) is 16.7. The summed E-state index contributed by atoms with van der Waals surface area (Å²) in [4.78, 5) is 122. The molecule has 0 bridgehead atoms. The Hall–Kier alpha value is -4.58. The molecule has 4 heterocycles. The Morgan fingerprint density at radius 3 is 2.40 bits per heavy atom. The van der Waals surface area contributed by atoms with Gasteiger partial charge >= 0.3 is 7.82 Å². The first-order valence-electron chi connectivity index (χ1n) is 20.6. The minimum atomic E-state index is -5.15. The van der Waals surface area contributed by atoms with Gasteiger partial charge in [0.2, 0.25) is 35.4 Å². The number of allylic oxidation sites excluding steroid dienone is 1. The number of ketones is 1. The van der Waals surface area contributed by atoms with Crippen molar-refractivity contribution in [2.75, 3.05) is 19.6 Å². The summed E-state index contributed by atoms with van der Waals surface area (Å²) in [5.74, 6) is -7.92. The fourth-order valence-corrected chi connectivity index (χ4v) is 9.92. The summed E-state index contributed by atoms with van der Waals surface area (Å²) in [6.07, 6.45) is 3.97. The van der Waals surface area contributed by atoms with Gasteiger partial charge in [0.1, 0.15) is 47.4 Å². The zero-order chi connectivity index (χ0) is 43.7. The van der Waals surface area contributed by atoms with Crippen molar-refractivity contribution in [3.63, 3.8) is 0 Å². The lowest BCUT2D eigenvalue weighted by Gasteiger charge is -2.38. The lowest BCUT2D eigenvalue weighted by molar-refractivity contribution is -0.151. The number of phosphoric ester groups is 1. The van der Waals surface area contributed by atoms with Crippen molar-refractivity contribution in [3.8, 4) is 0 Å². The minimum Gasteiger partial charge on any atom is -0.343 e. The molecule has 1 spiro atoms. The van der Waals surface area contributed by atoms with Crippen LogP contribution in [0.4, 0.5) is 8.78 Å². The summed E-state index contributed by atoms with van der Waals surface area (Å²) < 4.78 is 45.7. The number of phosphoric acid groups is 1. The second kappa shape index (κ2) is 18.2. The number of nitrogens with zero attached hydrogens (tertiary/aromatic N) is 3. The number of carbonyl (C=O) groups is 7. The summed E-state index contributed by atoms with van der Waals surface area (Å²) in [6, 6.07) is -4.15. The summed E-state index contributed by atoms with van der Waals surface area (Å²) in [6.45, 7) is 5.04. The molecule has 6 amide bonds. The van der Waals surface area contributed by atoms with Gasteiger partial charge < -0.3 is 40.4 Å². The molecule has 1 aromatic rings. The van der Waals surface area contributed by atoms with E-state index in [9.17, 15) is 56.7 Å². The Kier molecular flexibility index (Phi) is 13.6. The number of rotatable bonds is 11. The minimum absolute atomic E-state index is 0.00211. The van der Waals surface area contributed by atoms with E-state index in [1.165, 1.54) is 22.8 Å². The van der Waals surface area contributed by atoms with Crippen LogP contribution in [0.5, 0.6) is 0 Å². The van der Waals surface area contributed by atoms with Gasteiger partial charge in [-0.2, -0.15) is 0 Å². The van der Waals surface area contributed by atoms with Crippen molar-refractivity contribution in [2.45, 2.75) is 127 Å². The van der Waals surface area contributed by atoms with Crippen LogP contribution in [0.3, 0.4) is 0 Å². The standard InChI is InChI=1S/C40H53F2N6O11P/c1-4-5-6-7-11-33(49)44-29(15-24-13-25(41)16-26(42)14-24)35(51)45-30-18-28-34(50)40(28)19-22(2)20-48(40)37(53)23(3)43-36(52)31-10-8-9-12-46(31)39(55)32-17-27(59-60(56,57)58)21-47(32)38(30)54/h7,11,13-14,16,22-23,27-32H,4-6,8-10,12,15,17-21H2,1-3H3,(H,43,52)(H,44,49)(H,45,51)(H2,56,57,58)/b11-7+/t22-,23+,27-,28?,29+,30+,31+,32+,40?/m1/s1. The average molecular weight is 863 g/mol. The number of Topliss-reactive ketones (excluding diaryl/α,β-unsaturated/α-hetero) is 1. The molecule has 20 heteroatoms. The van der Waals surface area contributed by atoms with Crippen LogP contribution in [-0.2, 0) is 49.1 Å². The average Bonchev–Trinajstić information content (AvgIpc) is 3.43. The molecular formula is C40H53F2N6O11P. The fraction of sp³-hybridized carbons (Fsp3) is 0.625. The van der Waals surface area contributed by atoms with Crippen LogP contribution in [0.25, 0.3) is 0 Å². The Balaban J connectivity index is 1.40. The van der Waals surface area contributed by atoms with E-state index < -0.39 is 116 Å². The molecule has 4 aliphatic heterocycles. The zero-order valence-corrected chi connectivity index (χ0v) is 34.7. The first-order chi connectivity index (χ1) is 28.3. The van der Waals surface area contributed by atoms with E-state index in [4.69, 9.17) is 4.52 Å². The highest BCUT2D eigenvalue weighted by molar-refractivity contribution is 7.46. The number of unbranched alkanes of at least 4 members (excludes halogenated alkanes) is 2. The van der Waals surface area contributed by atoms with Crippen molar-refractivity contribution >= 4 is 49.0 Å². The molecular weight excluding hydrogens is 809 g/mol. The molecule has 1 aliphatic carbocycles. The molecule has 5 fully saturated rings. The van der Waals surface area contributed by atoms with Crippen molar-refractivity contribution in [3.05, 3.63) is 47.5 Å². The third-order valence-corrected chi connectivity index (χ3v) is 12.7. The van der Waals surface area contributed by atoms with Crippen molar-refractivity contribution in [2.24, 2.45) is 11.8 Å². The summed E-state index contributed by atoms with van der Waals surface area (Å²) in [7, 11) is -5.15. The molecule has 60 heavy (non-hydrogen) atoms. The van der Waals surface area contributed by atoms with Crippen molar-refractivity contribution < 1.29 is 61.2 Å². The van der Waals surface area contributed by atoms with E-state index in [-0.39, 0.29) is 56.0 Å². The number of hydrogen-bond acceptors (Lipinski definition) is 9. The third kappa shape index (κ3) is 9.79. The lowest BCUT2D eigenvalue weighted by atomic mass is 9.98. The van der Waals surface area contributed by atoms with Gasteiger partial charge in [-0.1, -0.05) is 32.8 Å². The maximum absolute atomic E-state index is 14.9. The number of nitrogens with one attached hydrogen (secondary N) is 3. The Bertz CT molecular complexity index is 1960. The zero-order valence-electron chi connectivity index (χ0n) is 33.8. The third-order valence-electron chi connectivity index (χ3n) is 12.1. The van der Waals surface area contributed by atoms with Gasteiger partial charge in [-0.05, 0) is 75.1 Å². The van der Waals surface area contributed by atoms with Gasteiger partial charge in [0.15, 0.2) is 5.78 Å². The van der Waals surface area contributed by atoms with Gasteiger partial charge in [0, 0.05) is 38.5 Å². The van der Waals surface area contributed by atoms with Gasteiger partial charge in [-0.3, -0.25) is 38.1 Å². The normalized spacial score (nSPS) is 30.5. The highest BCUT2D eigenvalue weighted by Crippen LogP contribution is 2.55. The molecule has 6 rings (SSSR count). The second-order valence-corrected chi connectivity index (χ2v) is 17.9. The number of piperidine rings is 1. The van der Waals surface area contributed by atoms with Crippen LogP contribution in [0.1, 0.15) is 84.1 Å². The largest absolute Gasteiger partial charge is 0.469 e. The highest BCUT2D eigenvalue weighted by atomic mass is 31.2. The van der Waals surface area contributed by atoms with Crippen LogP contribution in [0, 0.1) is 23.5 Å². The molecule has 5 aliphatic rings. The van der Waals surface area contributed by atoms with Crippen molar-refractivity contribution in [1.82, 2.24) is 30.7 Å². The van der Waals surface area contributed by atoms with Gasteiger partial charge in [-0.15, -0.1) is 0 Å². The van der Waals surface area contributed by atoms with E-state index in [0.29, 0.717) is 25.3 Å². The number of benzene rings is 1. The van der Waals surface area contributed by atoms with Gasteiger partial charge in [0.05, 0.1) is 12.0 Å². The molecule has 0 radical (unpaired) electrons. The van der Waals surface area contributed by atoms with Crippen LogP contribution in [0.2, 0.25) is 0 Å². The maximum Gasteiger partial charge on any atom is 0.469 e. The molecule has 5 N–H and O–H groups in total. The molecule has 9 atom stereocenters. The Labute approximate surface area is 346 Å². The van der Waals surface area contributed by atoms with Gasteiger partial charge in [-0.25, -0.2) is 13.3 Å². The van der Waals surface area contributed by atoms with E-state index in [1.807, 2.05) is 13.8 Å². The van der Waals surface area contributed by atoms with E-state index in [1.54, 1.807) is 6.08 Å². The number of halogens is 2. The molecule has 17 nitrogen and oxygen atoms in total. The number of carbonyl (C=O) groups excluding carboxylic acids is 7. The van der Waals surface area contributed by atoms with Crippen molar-refractivity contribution in [1.29, 1.82) is 0 Å². The number of amides is 6. The predicted octanol–water partition coefficient (Wildman–Crippen LogP) is 1.40. The smallest absolute Gasteiger partial charge is 0.343 e. The van der Waals surface area contributed by atoms with E-state index in [2.05, 4.69) is 16.0 Å². The van der Waals surface area contributed by atoms with Crippen LogP contribution < -0.4 is 16.0 Å². The summed E-state index contributed by atoms with van der Waals surface area (Å²) >= 11 is 0. The molecule has 1 saturated carbocycles. The van der Waals surface area contributed by atoms with Crippen LogP contribution in [-0.4, -0.2) is 127 Å². The van der Waals surface area contributed by atoms with Crippen LogP contribution >= 0.6 is 7.82 Å². The van der Waals surface area contributed by atoms with Gasteiger partial charge in [0.25, 0.3) is 0 Å².